The maximum Gasteiger partial charge on any atom is 0.0995 e. The summed E-state index contributed by atoms with van der Waals surface area (Å²) in [7, 11) is 0. The Morgan fingerprint density at radius 2 is 2.00 bits per heavy atom. The van der Waals surface area contributed by atoms with E-state index < -0.39 is 0 Å². The van der Waals surface area contributed by atoms with Crippen molar-refractivity contribution in [2.75, 3.05) is 0 Å². The molecule has 0 aliphatic heterocycles. The molecule has 17 heavy (non-hydrogen) atoms. The predicted octanol–water partition coefficient (Wildman–Crippen LogP) is 3.50. The van der Waals surface area contributed by atoms with Crippen LogP contribution >= 0.6 is 0 Å². The zero-order valence-electron chi connectivity index (χ0n) is 9.80. The average molecular weight is 222 g/mol. The highest BCUT2D eigenvalue weighted by molar-refractivity contribution is 5.42. The molecule has 0 fully saturated rings. The Balaban J connectivity index is 2.47. The lowest BCUT2D eigenvalue weighted by molar-refractivity contribution is 0.770. The molecule has 0 amide bonds. The fraction of sp³-hybridized carbons (Fsp3) is 0.200. The van der Waals surface area contributed by atoms with E-state index in [2.05, 4.69) is 30.1 Å². The first kappa shape index (κ1) is 11.3. The summed E-state index contributed by atoms with van der Waals surface area (Å²) < 4.78 is 0. The van der Waals surface area contributed by atoms with Crippen LogP contribution in [0.25, 0.3) is 0 Å². The highest BCUT2D eigenvalue weighted by Gasteiger charge is 2.15. The zero-order chi connectivity index (χ0) is 12.1. The molecule has 2 rings (SSSR count). The maximum atomic E-state index is 9.13. The number of rotatable bonds is 3. The molecule has 1 aromatic heterocycles. The number of nitrogens with zero attached hydrogens (tertiary/aromatic N) is 2. The van der Waals surface area contributed by atoms with Crippen molar-refractivity contribution in [1.29, 1.82) is 5.26 Å². The van der Waals surface area contributed by atoms with Crippen molar-refractivity contribution in [1.82, 2.24) is 4.98 Å². The van der Waals surface area contributed by atoms with E-state index in [-0.39, 0.29) is 5.92 Å². The summed E-state index contributed by atoms with van der Waals surface area (Å²) >= 11 is 0. The van der Waals surface area contributed by atoms with E-state index in [1.165, 1.54) is 5.56 Å². The van der Waals surface area contributed by atoms with Gasteiger partial charge in [-0.05, 0) is 23.6 Å². The second-order valence-corrected chi connectivity index (χ2v) is 3.95. The van der Waals surface area contributed by atoms with Crippen LogP contribution in [-0.4, -0.2) is 4.98 Å². The number of pyridine rings is 1. The average Bonchev–Trinajstić information content (AvgIpc) is 2.41. The second kappa shape index (κ2) is 5.27. The minimum Gasteiger partial charge on any atom is -0.264 e. The monoisotopic (exact) mass is 222 g/mol. The van der Waals surface area contributed by atoms with Crippen molar-refractivity contribution in [2.45, 2.75) is 19.3 Å². The molecule has 1 aromatic carbocycles. The van der Waals surface area contributed by atoms with Crippen LogP contribution in [0, 0.1) is 11.3 Å². The Morgan fingerprint density at radius 1 is 1.24 bits per heavy atom. The third-order valence-electron chi connectivity index (χ3n) is 2.96. The molecule has 2 nitrogen and oxygen atoms in total. The lowest BCUT2D eigenvalue weighted by Crippen LogP contribution is -2.02. The summed E-state index contributed by atoms with van der Waals surface area (Å²) in [6, 6.07) is 14.3. The SMILES string of the molecule is CCC(c1ccccc1)c1cnccc1C#N. The fourth-order valence-corrected chi connectivity index (χ4v) is 2.11. The second-order valence-electron chi connectivity index (χ2n) is 3.95. The van der Waals surface area contributed by atoms with Gasteiger partial charge in [-0.2, -0.15) is 5.26 Å². The summed E-state index contributed by atoms with van der Waals surface area (Å²) in [5.74, 6) is 0.250. The normalized spacial score (nSPS) is 11.8. The zero-order valence-corrected chi connectivity index (χ0v) is 9.80. The molecule has 0 aliphatic carbocycles. The van der Waals surface area contributed by atoms with E-state index in [4.69, 9.17) is 5.26 Å². The highest BCUT2D eigenvalue weighted by Crippen LogP contribution is 2.29. The Labute approximate surface area is 102 Å². The number of benzene rings is 1. The van der Waals surface area contributed by atoms with Crippen LogP contribution in [0.4, 0.5) is 0 Å². The van der Waals surface area contributed by atoms with E-state index in [0.717, 1.165) is 17.5 Å². The van der Waals surface area contributed by atoms with Crippen LogP contribution in [0.1, 0.15) is 36.0 Å². The van der Waals surface area contributed by atoms with Crippen molar-refractivity contribution >= 4 is 0 Å². The number of hydrogen-bond acceptors (Lipinski definition) is 2. The van der Waals surface area contributed by atoms with Gasteiger partial charge in [0.15, 0.2) is 0 Å². The van der Waals surface area contributed by atoms with E-state index in [1.54, 1.807) is 18.5 Å². The molecule has 84 valence electrons. The molecular weight excluding hydrogens is 208 g/mol. The summed E-state index contributed by atoms with van der Waals surface area (Å²) in [5, 5.41) is 9.13. The third-order valence-corrected chi connectivity index (χ3v) is 2.96. The van der Waals surface area contributed by atoms with Gasteiger partial charge in [0.1, 0.15) is 0 Å². The molecule has 2 aromatic rings. The molecule has 0 N–H and O–H groups in total. The molecule has 1 atom stereocenters. The molecule has 0 aliphatic rings. The Bertz CT molecular complexity index is 526. The van der Waals surface area contributed by atoms with Crippen molar-refractivity contribution in [3.63, 3.8) is 0 Å². The van der Waals surface area contributed by atoms with E-state index in [1.807, 2.05) is 18.2 Å². The maximum absolute atomic E-state index is 9.13. The molecule has 1 heterocycles. The largest absolute Gasteiger partial charge is 0.264 e. The van der Waals surface area contributed by atoms with Crippen molar-refractivity contribution in [3.05, 3.63) is 65.5 Å². The molecule has 0 saturated heterocycles. The Morgan fingerprint density at radius 3 is 2.65 bits per heavy atom. The van der Waals surface area contributed by atoms with Gasteiger partial charge in [0.2, 0.25) is 0 Å². The van der Waals surface area contributed by atoms with Gasteiger partial charge in [-0.25, -0.2) is 0 Å². The number of nitriles is 1. The van der Waals surface area contributed by atoms with E-state index >= 15 is 0 Å². The topological polar surface area (TPSA) is 36.7 Å². The molecule has 0 radical (unpaired) electrons. The molecule has 1 unspecified atom stereocenters. The van der Waals surface area contributed by atoms with Crippen LogP contribution < -0.4 is 0 Å². The lowest BCUT2D eigenvalue weighted by Gasteiger charge is -2.16. The van der Waals surface area contributed by atoms with E-state index in [0.29, 0.717) is 0 Å². The Hall–Kier alpha value is -2.14. The first-order valence-corrected chi connectivity index (χ1v) is 5.75. The van der Waals surface area contributed by atoms with Gasteiger partial charge in [-0.15, -0.1) is 0 Å². The summed E-state index contributed by atoms with van der Waals surface area (Å²) in [4.78, 5) is 4.14. The van der Waals surface area contributed by atoms with Gasteiger partial charge in [0, 0.05) is 18.3 Å². The van der Waals surface area contributed by atoms with Gasteiger partial charge in [0.25, 0.3) is 0 Å². The molecule has 0 bridgehead atoms. The minimum atomic E-state index is 0.250. The minimum absolute atomic E-state index is 0.250. The molecule has 2 heteroatoms. The van der Waals surface area contributed by atoms with Gasteiger partial charge in [-0.3, -0.25) is 4.98 Å². The van der Waals surface area contributed by atoms with Crippen LogP contribution in [0.5, 0.6) is 0 Å². The smallest absolute Gasteiger partial charge is 0.0995 e. The van der Waals surface area contributed by atoms with Gasteiger partial charge in [-0.1, -0.05) is 37.3 Å². The first-order chi connectivity index (χ1) is 8.36. The predicted molar refractivity (Wildman–Crippen MR) is 67.5 cm³/mol. The van der Waals surface area contributed by atoms with Gasteiger partial charge < -0.3 is 0 Å². The van der Waals surface area contributed by atoms with Crippen LogP contribution in [0.15, 0.2) is 48.8 Å². The molecule has 0 spiro atoms. The first-order valence-electron chi connectivity index (χ1n) is 5.75. The molecular formula is C15H14N2. The number of hydrogen-bond donors (Lipinski definition) is 0. The lowest BCUT2D eigenvalue weighted by atomic mass is 9.88. The van der Waals surface area contributed by atoms with Crippen molar-refractivity contribution in [2.24, 2.45) is 0 Å². The van der Waals surface area contributed by atoms with Gasteiger partial charge in [0.05, 0.1) is 11.6 Å². The summed E-state index contributed by atoms with van der Waals surface area (Å²) in [6.45, 7) is 2.13. The summed E-state index contributed by atoms with van der Waals surface area (Å²) in [6.07, 6.45) is 4.43. The number of aromatic nitrogens is 1. The van der Waals surface area contributed by atoms with Crippen LogP contribution in [0.3, 0.4) is 0 Å². The quantitative estimate of drug-likeness (QED) is 0.797. The third kappa shape index (κ3) is 2.34. The van der Waals surface area contributed by atoms with Gasteiger partial charge >= 0.3 is 0 Å². The fourth-order valence-electron chi connectivity index (χ4n) is 2.11. The summed E-state index contributed by atoms with van der Waals surface area (Å²) in [5.41, 5.74) is 2.97. The van der Waals surface area contributed by atoms with Crippen molar-refractivity contribution < 1.29 is 0 Å². The van der Waals surface area contributed by atoms with Crippen molar-refractivity contribution in [3.8, 4) is 6.07 Å². The standard InChI is InChI=1S/C15H14N2/c1-2-14(12-6-4-3-5-7-12)15-11-17-9-8-13(15)10-16/h3-9,11,14H,2H2,1H3. The Kier molecular flexibility index (Phi) is 3.52. The highest BCUT2D eigenvalue weighted by atomic mass is 14.6. The van der Waals surface area contributed by atoms with Crippen LogP contribution in [0.2, 0.25) is 0 Å². The molecule has 0 saturated carbocycles. The van der Waals surface area contributed by atoms with E-state index in [9.17, 15) is 0 Å². The van der Waals surface area contributed by atoms with Crippen LogP contribution in [-0.2, 0) is 0 Å².